The molecule has 0 fully saturated rings. The van der Waals surface area contributed by atoms with Crippen LogP contribution in [0.15, 0.2) is 0 Å². The summed E-state index contributed by atoms with van der Waals surface area (Å²) in [5, 5.41) is 0. The van der Waals surface area contributed by atoms with Crippen LogP contribution >= 0.6 is 7.60 Å². The van der Waals surface area contributed by atoms with Gasteiger partial charge in [-0.1, -0.05) is 33.6 Å². The molecule has 5 heteroatoms. The maximum absolute atomic E-state index is 11.8. The molecule has 0 rings (SSSR count). The van der Waals surface area contributed by atoms with Crippen molar-refractivity contribution in [2.24, 2.45) is 5.92 Å². The quantitative estimate of drug-likeness (QED) is 0.637. The Morgan fingerprint density at radius 1 is 1.31 bits per heavy atom. The molecule has 2 atom stereocenters. The Labute approximate surface area is 97.9 Å². The molecule has 0 aliphatic heterocycles. The lowest BCUT2D eigenvalue weighted by Crippen LogP contribution is -2.15. The first kappa shape index (κ1) is 15.8. The van der Waals surface area contributed by atoms with Gasteiger partial charge < -0.3 is 9.42 Å². The average Bonchev–Trinajstić information content (AvgIpc) is 2.27. The Bertz CT molecular complexity index is 252. The molecule has 0 aromatic heterocycles. The van der Waals surface area contributed by atoms with Crippen molar-refractivity contribution in [2.75, 3.05) is 6.61 Å². The standard InChI is InChI=1S/C11H23O4P/c1-4-7-8-10(6-3)11(12)16(13,14)15-9-5-2/h10H,4-9H2,1-3H3,(H,13,14). The van der Waals surface area contributed by atoms with Crippen LogP contribution in [-0.2, 0) is 13.9 Å². The molecule has 0 aromatic rings. The Morgan fingerprint density at radius 2 is 1.94 bits per heavy atom. The van der Waals surface area contributed by atoms with Crippen molar-refractivity contribution in [2.45, 2.75) is 52.9 Å². The van der Waals surface area contributed by atoms with Gasteiger partial charge in [-0.25, -0.2) is 0 Å². The molecule has 0 aromatic carbocycles. The summed E-state index contributed by atoms with van der Waals surface area (Å²) in [5.41, 5.74) is -0.614. The maximum atomic E-state index is 11.8. The number of hydrogen-bond acceptors (Lipinski definition) is 3. The Morgan fingerprint density at radius 3 is 2.38 bits per heavy atom. The second-order valence-corrected chi connectivity index (χ2v) is 5.68. The fourth-order valence-corrected chi connectivity index (χ4v) is 2.79. The minimum Gasteiger partial charge on any atom is -0.319 e. The lowest BCUT2D eigenvalue weighted by atomic mass is 10.0. The van der Waals surface area contributed by atoms with Gasteiger partial charge in [-0.3, -0.25) is 9.36 Å². The molecule has 0 heterocycles. The number of carbonyl (C=O) groups is 1. The van der Waals surface area contributed by atoms with Crippen molar-refractivity contribution < 1.29 is 18.8 Å². The predicted molar refractivity (Wildman–Crippen MR) is 64.4 cm³/mol. The third-order valence-electron chi connectivity index (χ3n) is 2.50. The zero-order chi connectivity index (χ0) is 12.6. The molecule has 16 heavy (non-hydrogen) atoms. The van der Waals surface area contributed by atoms with Crippen LogP contribution in [0.25, 0.3) is 0 Å². The van der Waals surface area contributed by atoms with Gasteiger partial charge in [-0.05, 0) is 19.3 Å². The molecule has 2 unspecified atom stereocenters. The van der Waals surface area contributed by atoms with Gasteiger partial charge >= 0.3 is 7.60 Å². The van der Waals surface area contributed by atoms with Crippen molar-refractivity contribution in [1.82, 2.24) is 0 Å². The van der Waals surface area contributed by atoms with E-state index in [2.05, 4.69) is 0 Å². The van der Waals surface area contributed by atoms with E-state index in [9.17, 15) is 14.3 Å². The molecular weight excluding hydrogens is 227 g/mol. The van der Waals surface area contributed by atoms with Gasteiger partial charge in [0.2, 0.25) is 5.52 Å². The number of carbonyl (C=O) groups excluding carboxylic acids is 1. The first-order valence-corrected chi connectivity index (χ1v) is 7.59. The summed E-state index contributed by atoms with van der Waals surface area (Å²) in [6, 6.07) is 0. The second kappa shape index (κ2) is 7.99. The van der Waals surface area contributed by atoms with Gasteiger partial charge in [0.1, 0.15) is 0 Å². The largest absolute Gasteiger partial charge is 0.394 e. The van der Waals surface area contributed by atoms with E-state index < -0.39 is 13.1 Å². The van der Waals surface area contributed by atoms with Crippen molar-refractivity contribution in [3.05, 3.63) is 0 Å². The van der Waals surface area contributed by atoms with Crippen molar-refractivity contribution >= 4 is 13.1 Å². The van der Waals surface area contributed by atoms with Crippen molar-refractivity contribution in [1.29, 1.82) is 0 Å². The van der Waals surface area contributed by atoms with Gasteiger partial charge in [0.25, 0.3) is 0 Å². The van der Waals surface area contributed by atoms with Crippen LogP contribution in [0.1, 0.15) is 52.9 Å². The van der Waals surface area contributed by atoms with E-state index in [4.69, 9.17) is 4.52 Å². The summed E-state index contributed by atoms with van der Waals surface area (Å²) in [7, 11) is -4.05. The minimum absolute atomic E-state index is 0.156. The molecule has 0 saturated heterocycles. The van der Waals surface area contributed by atoms with Gasteiger partial charge in [-0.15, -0.1) is 0 Å². The SMILES string of the molecule is CCCCC(CC)C(=O)P(=O)(O)OCCC. The number of rotatable bonds is 9. The van der Waals surface area contributed by atoms with Gasteiger partial charge in [-0.2, -0.15) is 0 Å². The lowest BCUT2D eigenvalue weighted by Gasteiger charge is -2.17. The van der Waals surface area contributed by atoms with Crippen molar-refractivity contribution in [3.8, 4) is 0 Å². The zero-order valence-corrected chi connectivity index (χ0v) is 11.3. The highest BCUT2D eigenvalue weighted by molar-refractivity contribution is 7.71. The summed E-state index contributed by atoms with van der Waals surface area (Å²) in [6.07, 6.45) is 3.78. The molecular formula is C11H23O4P. The second-order valence-electron chi connectivity index (χ2n) is 3.94. The molecule has 0 spiro atoms. The predicted octanol–water partition coefficient (Wildman–Crippen LogP) is 3.34. The maximum Gasteiger partial charge on any atom is 0.394 e. The Kier molecular flexibility index (Phi) is 7.90. The van der Waals surface area contributed by atoms with E-state index >= 15 is 0 Å². The Balaban J connectivity index is 4.41. The topological polar surface area (TPSA) is 63.6 Å². The minimum atomic E-state index is -4.05. The molecule has 0 aliphatic carbocycles. The fourth-order valence-electron chi connectivity index (χ4n) is 1.46. The van der Waals surface area contributed by atoms with Crippen LogP contribution in [0.2, 0.25) is 0 Å². The van der Waals surface area contributed by atoms with Crippen LogP contribution in [0.4, 0.5) is 0 Å². The normalized spacial score (nSPS) is 16.8. The van der Waals surface area contributed by atoms with Crippen LogP contribution < -0.4 is 0 Å². The Hall–Kier alpha value is -0.180. The summed E-state index contributed by atoms with van der Waals surface area (Å²) in [5.74, 6) is -0.340. The summed E-state index contributed by atoms with van der Waals surface area (Å²) in [4.78, 5) is 21.3. The highest BCUT2D eigenvalue weighted by Gasteiger charge is 2.35. The molecule has 0 radical (unpaired) electrons. The summed E-state index contributed by atoms with van der Waals surface area (Å²) >= 11 is 0. The van der Waals surface area contributed by atoms with E-state index in [1.54, 1.807) is 0 Å². The van der Waals surface area contributed by atoms with Crippen LogP contribution in [-0.4, -0.2) is 17.0 Å². The van der Waals surface area contributed by atoms with Crippen LogP contribution in [0, 0.1) is 5.92 Å². The van der Waals surface area contributed by atoms with Gasteiger partial charge in [0.15, 0.2) is 0 Å². The molecule has 0 bridgehead atoms. The molecule has 4 nitrogen and oxygen atoms in total. The zero-order valence-electron chi connectivity index (χ0n) is 10.4. The first-order chi connectivity index (χ1) is 7.49. The highest BCUT2D eigenvalue weighted by atomic mass is 31.2. The van der Waals surface area contributed by atoms with Gasteiger partial charge in [0.05, 0.1) is 6.61 Å². The highest BCUT2D eigenvalue weighted by Crippen LogP contribution is 2.46. The van der Waals surface area contributed by atoms with Crippen LogP contribution in [0.3, 0.4) is 0 Å². The van der Waals surface area contributed by atoms with E-state index in [0.29, 0.717) is 19.3 Å². The smallest absolute Gasteiger partial charge is 0.319 e. The average molecular weight is 250 g/mol. The molecule has 0 amide bonds. The molecule has 1 N–H and O–H groups in total. The van der Waals surface area contributed by atoms with E-state index in [0.717, 1.165) is 12.8 Å². The third-order valence-corrected chi connectivity index (χ3v) is 3.95. The van der Waals surface area contributed by atoms with Crippen LogP contribution in [0.5, 0.6) is 0 Å². The lowest BCUT2D eigenvalue weighted by molar-refractivity contribution is -0.117. The van der Waals surface area contributed by atoms with E-state index in [1.807, 2.05) is 20.8 Å². The monoisotopic (exact) mass is 250 g/mol. The fraction of sp³-hybridized carbons (Fsp3) is 0.909. The van der Waals surface area contributed by atoms with Crippen molar-refractivity contribution in [3.63, 3.8) is 0 Å². The van der Waals surface area contributed by atoms with E-state index in [-0.39, 0.29) is 12.5 Å². The molecule has 96 valence electrons. The number of unbranched alkanes of at least 4 members (excludes halogenated alkanes) is 1. The van der Waals surface area contributed by atoms with Gasteiger partial charge in [0, 0.05) is 5.92 Å². The first-order valence-electron chi connectivity index (χ1n) is 6.01. The molecule has 0 saturated carbocycles. The number of hydrogen-bond donors (Lipinski definition) is 1. The summed E-state index contributed by atoms with van der Waals surface area (Å²) in [6.45, 7) is 5.88. The third kappa shape index (κ3) is 5.24. The van der Waals surface area contributed by atoms with E-state index in [1.165, 1.54) is 0 Å². The summed E-state index contributed by atoms with van der Waals surface area (Å²) < 4.78 is 16.4. The molecule has 0 aliphatic rings.